The van der Waals surface area contributed by atoms with Crippen molar-refractivity contribution >= 4 is 11.6 Å². The summed E-state index contributed by atoms with van der Waals surface area (Å²) in [6.07, 6.45) is 0.485. The Hall–Kier alpha value is -1.59. The average molecular weight is 252 g/mol. The fourth-order valence-electron chi connectivity index (χ4n) is 1.45. The van der Waals surface area contributed by atoms with Gasteiger partial charge in [-0.05, 0) is 25.5 Å². The molecule has 0 aliphatic carbocycles. The van der Waals surface area contributed by atoms with Crippen LogP contribution in [0.3, 0.4) is 0 Å². The first kappa shape index (κ1) is 14.5. The van der Waals surface area contributed by atoms with E-state index in [1.54, 1.807) is 19.2 Å². The van der Waals surface area contributed by atoms with E-state index >= 15 is 0 Å². The summed E-state index contributed by atoms with van der Waals surface area (Å²) < 4.78 is 10.3. The second-order valence-electron chi connectivity index (χ2n) is 3.81. The van der Waals surface area contributed by atoms with Gasteiger partial charge in [0.2, 0.25) is 5.91 Å². The number of benzene rings is 1. The van der Waals surface area contributed by atoms with Crippen molar-refractivity contribution in [3.05, 3.63) is 24.3 Å². The predicted molar refractivity (Wildman–Crippen MR) is 70.7 cm³/mol. The van der Waals surface area contributed by atoms with Crippen molar-refractivity contribution in [2.24, 2.45) is 5.73 Å². The van der Waals surface area contributed by atoms with Crippen molar-refractivity contribution in [3.63, 3.8) is 0 Å². The van der Waals surface area contributed by atoms with Gasteiger partial charge in [0.1, 0.15) is 5.75 Å². The standard InChI is InChI=1S/C13H20N2O3/c1-3-18-12-7-5-4-6-11(12)15-13(16)10(14)8-9-17-2/h4-7,10H,3,8-9,14H2,1-2H3,(H,15,16). The molecule has 0 aromatic heterocycles. The van der Waals surface area contributed by atoms with Crippen LogP contribution in [-0.2, 0) is 9.53 Å². The van der Waals surface area contributed by atoms with Crippen molar-refractivity contribution in [1.82, 2.24) is 0 Å². The maximum Gasteiger partial charge on any atom is 0.241 e. The highest BCUT2D eigenvalue weighted by Crippen LogP contribution is 2.23. The van der Waals surface area contributed by atoms with Gasteiger partial charge in [0.25, 0.3) is 0 Å². The van der Waals surface area contributed by atoms with Crippen LogP contribution in [0.2, 0.25) is 0 Å². The van der Waals surface area contributed by atoms with Crippen molar-refractivity contribution in [1.29, 1.82) is 0 Å². The van der Waals surface area contributed by atoms with Gasteiger partial charge in [-0.15, -0.1) is 0 Å². The van der Waals surface area contributed by atoms with E-state index in [0.717, 1.165) is 0 Å². The minimum absolute atomic E-state index is 0.237. The molecule has 0 heterocycles. The van der Waals surface area contributed by atoms with Crippen LogP contribution in [0.1, 0.15) is 13.3 Å². The molecule has 0 aliphatic rings. The monoisotopic (exact) mass is 252 g/mol. The molecule has 0 radical (unpaired) electrons. The fraction of sp³-hybridized carbons (Fsp3) is 0.462. The molecule has 18 heavy (non-hydrogen) atoms. The van der Waals surface area contributed by atoms with E-state index in [1.165, 1.54) is 0 Å². The van der Waals surface area contributed by atoms with Crippen LogP contribution in [-0.4, -0.2) is 32.3 Å². The lowest BCUT2D eigenvalue weighted by molar-refractivity contribution is -0.117. The van der Waals surface area contributed by atoms with Crippen LogP contribution >= 0.6 is 0 Å². The lowest BCUT2D eigenvalue weighted by atomic mass is 10.2. The van der Waals surface area contributed by atoms with Crippen molar-refractivity contribution in [3.8, 4) is 5.75 Å². The Bertz CT molecular complexity index is 382. The Balaban J connectivity index is 2.63. The first-order valence-corrected chi connectivity index (χ1v) is 5.96. The summed E-state index contributed by atoms with van der Waals surface area (Å²) in [6.45, 7) is 2.90. The van der Waals surface area contributed by atoms with Crippen LogP contribution in [0, 0.1) is 0 Å². The lowest BCUT2D eigenvalue weighted by Gasteiger charge is -2.14. The second kappa shape index (κ2) is 7.68. The summed E-state index contributed by atoms with van der Waals surface area (Å²) in [5.41, 5.74) is 6.38. The van der Waals surface area contributed by atoms with Crippen LogP contribution in [0.15, 0.2) is 24.3 Å². The quantitative estimate of drug-likeness (QED) is 0.769. The molecule has 0 spiro atoms. The number of ether oxygens (including phenoxy) is 2. The number of methoxy groups -OCH3 is 1. The molecule has 3 N–H and O–H groups in total. The Morgan fingerprint density at radius 1 is 1.44 bits per heavy atom. The van der Waals surface area contributed by atoms with E-state index in [2.05, 4.69) is 5.32 Å². The largest absolute Gasteiger partial charge is 0.492 e. The zero-order chi connectivity index (χ0) is 13.4. The molecule has 1 rings (SSSR count). The first-order valence-electron chi connectivity index (χ1n) is 5.96. The van der Waals surface area contributed by atoms with E-state index in [0.29, 0.717) is 31.1 Å². The van der Waals surface area contributed by atoms with Gasteiger partial charge in [0, 0.05) is 13.7 Å². The van der Waals surface area contributed by atoms with E-state index in [-0.39, 0.29) is 5.91 Å². The molecule has 0 fully saturated rings. The average Bonchev–Trinajstić information content (AvgIpc) is 2.38. The molecule has 1 aromatic rings. The number of anilines is 1. The lowest BCUT2D eigenvalue weighted by Crippen LogP contribution is -2.36. The molecule has 1 aromatic carbocycles. The van der Waals surface area contributed by atoms with Gasteiger partial charge in [0.15, 0.2) is 0 Å². The second-order valence-corrected chi connectivity index (χ2v) is 3.81. The zero-order valence-corrected chi connectivity index (χ0v) is 10.8. The third-order valence-corrected chi connectivity index (χ3v) is 2.41. The normalized spacial score (nSPS) is 11.9. The number of nitrogens with two attached hydrogens (primary N) is 1. The number of carbonyl (C=O) groups excluding carboxylic acids is 1. The highest BCUT2D eigenvalue weighted by molar-refractivity contribution is 5.95. The summed E-state index contributed by atoms with van der Waals surface area (Å²) in [4.78, 5) is 11.8. The Kier molecular flexibility index (Phi) is 6.18. The molecule has 0 saturated carbocycles. The summed E-state index contributed by atoms with van der Waals surface area (Å²) in [6, 6.07) is 6.69. The zero-order valence-electron chi connectivity index (χ0n) is 10.8. The van der Waals surface area contributed by atoms with Gasteiger partial charge in [-0.25, -0.2) is 0 Å². The van der Waals surface area contributed by atoms with Gasteiger partial charge < -0.3 is 20.5 Å². The molecular formula is C13H20N2O3. The molecule has 100 valence electrons. The highest BCUT2D eigenvalue weighted by atomic mass is 16.5. The van der Waals surface area contributed by atoms with E-state index < -0.39 is 6.04 Å². The summed E-state index contributed by atoms with van der Waals surface area (Å²) in [5, 5.41) is 2.76. The number of hydrogen-bond donors (Lipinski definition) is 2. The fourth-order valence-corrected chi connectivity index (χ4v) is 1.45. The molecule has 1 atom stereocenters. The van der Waals surface area contributed by atoms with Gasteiger partial charge >= 0.3 is 0 Å². The Morgan fingerprint density at radius 2 is 2.17 bits per heavy atom. The molecule has 5 heteroatoms. The smallest absolute Gasteiger partial charge is 0.241 e. The van der Waals surface area contributed by atoms with Crippen LogP contribution < -0.4 is 15.8 Å². The number of rotatable bonds is 7. The van der Waals surface area contributed by atoms with Gasteiger partial charge in [-0.2, -0.15) is 0 Å². The summed E-state index contributed by atoms with van der Waals surface area (Å²) in [7, 11) is 1.58. The topological polar surface area (TPSA) is 73.6 Å². The van der Waals surface area contributed by atoms with Crippen molar-refractivity contribution in [2.75, 3.05) is 25.6 Å². The molecule has 0 saturated heterocycles. The van der Waals surface area contributed by atoms with Crippen LogP contribution in [0.5, 0.6) is 5.75 Å². The van der Waals surface area contributed by atoms with E-state index in [1.807, 2.05) is 19.1 Å². The van der Waals surface area contributed by atoms with Gasteiger partial charge in [-0.1, -0.05) is 12.1 Å². The molecule has 5 nitrogen and oxygen atoms in total. The molecular weight excluding hydrogens is 232 g/mol. The van der Waals surface area contributed by atoms with Gasteiger partial charge in [-0.3, -0.25) is 4.79 Å². The third kappa shape index (κ3) is 4.35. The Labute approximate surface area is 107 Å². The maximum absolute atomic E-state index is 11.8. The minimum Gasteiger partial charge on any atom is -0.492 e. The molecule has 0 bridgehead atoms. The minimum atomic E-state index is -0.584. The number of hydrogen-bond acceptors (Lipinski definition) is 4. The van der Waals surface area contributed by atoms with E-state index in [4.69, 9.17) is 15.2 Å². The Morgan fingerprint density at radius 3 is 2.83 bits per heavy atom. The van der Waals surface area contributed by atoms with Crippen LogP contribution in [0.4, 0.5) is 5.69 Å². The highest BCUT2D eigenvalue weighted by Gasteiger charge is 2.14. The molecule has 1 unspecified atom stereocenters. The first-order chi connectivity index (χ1) is 8.69. The third-order valence-electron chi connectivity index (χ3n) is 2.41. The molecule has 1 amide bonds. The number of amides is 1. The van der Waals surface area contributed by atoms with Crippen molar-refractivity contribution in [2.45, 2.75) is 19.4 Å². The van der Waals surface area contributed by atoms with E-state index in [9.17, 15) is 4.79 Å². The number of carbonyl (C=O) groups is 1. The molecule has 0 aliphatic heterocycles. The SMILES string of the molecule is CCOc1ccccc1NC(=O)C(N)CCOC. The maximum atomic E-state index is 11.8. The summed E-state index contributed by atoms with van der Waals surface area (Å²) in [5.74, 6) is 0.409. The van der Waals surface area contributed by atoms with Crippen molar-refractivity contribution < 1.29 is 14.3 Å². The van der Waals surface area contributed by atoms with Crippen LogP contribution in [0.25, 0.3) is 0 Å². The summed E-state index contributed by atoms with van der Waals surface area (Å²) >= 11 is 0. The predicted octanol–water partition coefficient (Wildman–Crippen LogP) is 1.39. The van der Waals surface area contributed by atoms with Gasteiger partial charge in [0.05, 0.1) is 18.3 Å². The number of nitrogens with one attached hydrogen (secondary N) is 1. The number of para-hydroxylation sites is 2.